The van der Waals surface area contributed by atoms with Crippen LogP contribution in [0.4, 0.5) is 11.5 Å². The normalized spacial score (nSPS) is 11.8. The van der Waals surface area contributed by atoms with Crippen LogP contribution < -0.4 is 10.6 Å². The number of amides is 1. The number of aromatic nitrogens is 2. The van der Waals surface area contributed by atoms with Crippen molar-refractivity contribution >= 4 is 28.5 Å². The van der Waals surface area contributed by atoms with Crippen LogP contribution in [-0.4, -0.2) is 29.6 Å². The van der Waals surface area contributed by atoms with E-state index in [0.29, 0.717) is 29.6 Å². The molecule has 7 heteroatoms. The highest BCUT2D eigenvalue weighted by Gasteiger charge is 2.24. The first kappa shape index (κ1) is 23.3. The number of hydrogen-bond acceptors (Lipinski definition) is 6. The van der Waals surface area contributed by atoms with Crippen molar-refractivity contribution in [2.45, 2.75) is 13.0 Å². The highest BCUT2D eigenvalue weighted by atomic mass is 16.5. The molecule has 0 aliphatic rings. The van der Waals surface area contributed by atoms with Crippen LogP contribution in [0.25, 0.3) is 33.6 Å². The Morgan fingerprint density at radius 1 is 0.944 bits per heavy atom. The van der Waals surface area contributed by atoms with Gasteiger partial charge in [0.05, 0.1) is 18.0 Å². The maximum Gasteiger partial charge on any atom is 0.232 e. The van der Waals surface area contributed by atoms with Crippen LogP contribution in [0.2, 0.25) is 0 Å². The average molecular weight is 479 g/mol. The standard InChI is InChI=1S/C29H26N4O3/c1-19(34)32-23-15-9-14-22(16-23)25-26-28(33-24(17-35-2)20-10-5-3-6-11-20)30-18-31-29(26)36-27(25)21-12-7-4-8-13-21/h3-16,18,24H,17H2,1-2H3,(H,32,34)(H,30,31,33)/t24-/m1/s1. The largest absolute Gasteiger partial charge is 0.437 e. The van der Waals surface area contributed by atoms with Gasteiger partial charge in [0.15, 0.2) is 0 Å². The molecule has 5 aromatic rings. The molecule has 0 aliphatic carbocycles. The van der Waals surface area contributed by atoms with E-state index in [2.05, 4.69) is 32.7 Å². The van der Waals surface area contributed by atoms with Gasteiger partial charge in [-0.2, -0.15) is 0 Å². The fourth-order valence-electron chi connectivity index (χ4n) is 4.31. The fourth-order valence-corrected chi connectivity index (χ4v) is 4.31. The average Bonchev–Trinajstić information content (AvgIpc) is 3.30. The molecule has 7 nitrogen and oxygen atoms in total. The molecule has 2 aromatic heterocycles. The number of anilines is 2. The lowest BCUT2D eigenvalue weighted by molar-refractivity contribution is -0.114. The van der Waals surface area contributed by atoms with Crippen LogP contribution >= 0.6 is 0 Å². The summed E-state index contributed by atoms with van der Waals surface area (Å²) in [5.74, 6) is 1.18. The Morgan fingerprint density at radius 2 is 1.67 bits per heavy atom. The van der Waals surface area contributed by atoms with Gasteiger partial charge in [0.2, 0.25) is 11.6 Å². The zero-order valence-corrected chi connectivity index (χ0v) is 20.1. The summed E-state index contributed by atoms with van der Waals surface area (Å²) in [6.45, 7) is 1.94. The molecule has 0 fully saturated rings. The first-order chi connectivity index (χ1) is 17.6. The van der Waals surface area contributed by atoms with Crippen molar-refractivity contribution in [2.75, 3.05) is 24.4 Å². The van der Waals surface area contributed by atoms with E-state index in [1.165, 1.54) is 13.3 Å². The third-order valence-electron chi connectivity index (χ3n) is 5.84. The van der Waals surface area contributed by atoms with Crippen molar-refractivity contribution in [1.82, 2.24) is 9.97 Å². The van der Waals surface area contributed by atoms with Crippen LogP contribution in [-0.2, 0) is 9.53 Å². The summed E-state index contributed by atoms with van der Waals surface area (Å²) in [6.07, 6.45) is 1.50. The van der Waals surface area contributed by atoms with E-state index in [-0.39, 0.29) is 11.9 Å². The van der Waals surface area contributed by atoms with Gasteiger partial charge >= 0.3 is 0 Å². The minimum Gasteiger partial charge on any atom is -0.437 e. The van der Waals surface area contributed by atoms with Crippen LogP contribution in [0, 0.1) is 0 Å². The van der Waals surface area contributed by atoms with Gasteiger partial charge in [-0.25, -0.2) is 9.97 Å². The molecule has 0 saturated carbocycles. The number of benzene rings is 3. The van der Waals surface area contributed by atoms with Crippen LogP contribution in [0.5, 0.6) is 0 Å². The van der Waals surface area contributed by atoms with Gasteiger partial charge in [0, 0.05) is 30.8 Å². The third-order valence-corrected chi connectivity index (χ3v) is 5.84. The van der Waals surface area contributed by atoms with Crippen molar-refractivity contribution < 1.29 is 13.9 Å². The van der Waals surface area contributed by atoms with E-state index >= 15 is 0 Å². The van der Waals surface area contributed by atoms with Crippen molar-refractivity contribution in [1.29, 1.82) is 0 Å². The third kappa shape index (κ3) is 4.82. The summed E-state index contributed by atoms with van der Waals surface area (Å²) < 4.78 is 11.9. The number of nitrogens with zero attached hydrogens (tertiary/aromatic N) is 2. The Morgan fingerprint density at radius 3 is 2.39 bits per heavy atom. The summed E-state index contributed by atoms with van der Waals surface area (Å²) in [5.41, 5.74) is 4.87. The SMILES string of the molecule is COC[C@@H](Nc1ncnc2oc(-c3ccccc3)c(-c3cccc(NC(C)=O)c3)c12)c1ccccc1. The van der Waals surface area contributed by atoms with Gasteiger partial charge in [0.1, 0.15) is 17.9 Å². The van der Waals surface area contributed by atoms with Crippen molar-refractivity contribution in [3.63, 3.8) is 0 Å². The molecule has 0 bridgehead atoms. The summed E-state index contributed by atoms with van der Waals surface area (Å²) in [6, 6.07) is 27.5. The first-order valence-corrected chi connectivity index (χ1v) is 11.7. The summed E-state index contributed by atoms with van der Waals surface area (Å²) in [4.78, 5) is 20.8. The second kappa shape index (κ2) is 10.4. The smallest absolute Gasteiger partial charge is 0.232 e. The van der Waals surface area contributed by atoms with E-state index in [0.717, 1.165) is 27.6 Å². The number of ether oxygens (including phenoxy) is 1. The van der Waals surface area contributed by atoms with Gasteiger partial charge in [-0.3, -0.25) is 4.79 Å². The maximum atomic E-state index is 11.7. The van der Waals surface area contributed by atoms with Crippen molar-refractivity contribution in [2.24, 2.45) is 0 Å². The molecule has 1 amide bonds. The zero-order chi connectivity index (χ0) is 24.9. The van der Waals surface area contributed by atoms with Crippen LogP contribution in [0.1, 0.15) is 18.5 Å². The molecule has 0 aliphatic heterocycles. The Labute approximate surface area is 209 Å². The molecule has 180 valence electrons. The quantitative estimate of drug-likeness (QED) is 0.271. The number of rotatable bonds is 8. The van der Waals surface area contributed by atoms with Crippen LogP contribution in [0.3, 0.4) is 0 Å². The van der Waals surface area contributed by atoms with E-state index in [1.54, 1.807) is 7.11 Å². The Kier molecular flexibility index (Phi) is 6.73. The monoisotopic (exact) mass is 478 g/mol. The zero-order valence-electron chi connectivity index (χ0n) is 20.1. The number of carbonyl (C=O) groups excluding carboxylic acids is 1. The van der Waals surface area contributed by atoms with E-state index in [9.17, 15) is 4.79 Å². The Bertz CT molecular complexity index is 1480. The maximum absolute atomic E-state index is 11.7. The second-order valence-electron chi connectivity index (χ2n) is 8.40. The molecular formula is C29H26N4O3. The van der Waals surface area contributed by atoms with Gasteiger partial charge < -0.3 is 19.8 Å². The van der Waals surface area contributed by atoms with E-state index in [1.807, 2.05) is 72.8 Å². The van der Waals surface area contributed by atoms with Gasteiger partial charge in [-0.1, -0.05) is 72.8 Å². The summed E-state index contributed by atoms with van der Waals surface area (Å²) in [7, 11) is 1.68. The van der Waals surface area contributed by atoms with Crippen molar-refractivity contribution in [3.05, 3.63) is 96.8 Å². The number of furan rings is 1. The summed E-state index contributed by atoms with van der Waals surface area (Å²) >= 11 is 0. The molecule has 2 heterocycles. The highest BCUT2D eigenvalue weighted by molar-refractivity contribution is 6.06. The molecule has 0 spiro atoms. The predicted octanol–water partition coefficient (Wildman–Crippen LogP) is 6.31. The molecule has 3 aromatic carbocycles. The summed E-state index contributed by atoms with van der Waals surface area (Å²) in [5, 5.41) is 7.18. The minimum atomic E-state index is -0.136. The molecule has 36 heavy (non-hydrogen) atoms. The Balaban J connectivity index is 1.71. The number of fused-ring (bicyclic) bond motifs is 1. The lowest BCUT2D eigenvalue weighted by Crippen LogP contribution is -2.17. The van der Waals surface area contributed by atoms with Gasteiger partial charge in [-0.05, 0) is 23.3 Å². The molecule has 5 rings (SSSR count). The molecule has 0 unspecified atom stereocenters. The number of hydrogen-bond donors (Lipinski definition) is 2. The second-order valence-corrected chi connectivity index (χ2v) is 8.40. The highest BCUT2D eigenvalue weighted by Crippen LogP contribution is 2.43. The molecule has 1 atom stereocenters. The van der Waals surface area contributed by atoms with Crippen molar-refractivity contribution in [3.8, 4) is 22.5 Å². The first-order valence-electron chi connectivity index (χ1n) is 11.7. The topological polar surface area (TPSA) is 89.3 Å². The van der Waals surface area contributed by atoms with E-state index in [4.69, 9.17) is 9.15 Å². The molecule has 2 N–H and O–H groups in total. The van der Waals surface area contributed by atoms with E-state index < -0.39 is 0 Å². The minimum absolute atomic E-state index is 0.136. The molecule has 0 radical (unpaired) electrons. The molecule has 0 saturated heterocycles. The van der Waals surface area contributed by atoms with Gasteiger partial charge in [-0.15, -0.1) is 0 Å². The predicted molar refractivity (Wildman–Crippen MR) is 142 cm³/mol. The fraction of sp³-hybridized carbons (Fsp3) is 0.138. The lowest BCUT2D eigenvalue weighted by atomic mass is 9.98. The van der Waals surface area contributed by atoms with Gasteiger partial charge in [0.25, 0.3) is 0 Å². The lowest BCUT2D eigenvalue weighted by Gasteiger charge is -2.19. The number of nitrogens with one attached hydrogen (secondary N) is 2. The number of methoxy groups -OCH3 is 1. The van der Waals surface area contributed by atoms with Crippen LogP contribution in [0.15, 0.2) is 95.7 Å². The Hall–Kier alpha value is -4.49. The molecular weight excluding hydrogens is 452 g/mol. The number of carbonyl (C=O) groups is 1.